The van der Waals surface area contributed by atoms with Gasteiger partial charge in [-0.15, -0.1) is 0 Å². The van der Waals surface area contributed by atoms with Gasteiger partial charge in [-0.1, -0.05) is 0 Å². The van der Waals surface area contributed by atoms with Crippen LogP contribution in [0.15, 0.2) is 6.20 Å². The van der Waals surface area contributed by atoms with Gasteiger partial charge in [0.05, 0.1) is 6.20 Å². The maximum atomic E-state index is 12.0. The molecule has 0 atom stereocenters. The molecule has 1 aromatic heterocycles. The summed E-state index contributed by atoms with van der Waals surface area (Å²) in [5, 5.41) is 15.7. The van der Waals surface area contributed by atoms with E-state index < -0.39 is 5.97 Å². The lowest BCUT2D eigenvalue weighted by Crippen LogP contribution is -2.40. The second-order valence-electron chi connectivity index (χ2n) is 4.13. The van der Waals surface area contributed by atoms with E-state index in [2.05, 4.69) is 10.4 Å². The molecule has 2 N–H and O–H groups in total. The summed E-state index contributed by atoms with van der Waals surface area (Å²) >= 11 is 0. The summed E-state index contributed by atoms with van der Waals surface area (Å²) in [6.07, 6.45) is 4.27. The van der Waals surface area contributed by atoms with Crippen LogP contribution in [0.5, 0.6) is 0 Å². The number of rotatable bonds is 4. The fraction of sp³-hybridized carbons (Fsp3) is 0.545. The number of carbonyl (C=O) groups excluding carboxylic acids is 1. The van der Waals surface area contributed by atoms with Crippen LogP contribution < -0.4 is 5.32 Å². The summed E-state index contributed by atoms with van der Waals surface area (Å²) in [6, 6.07) is 0.185. The smallest absolute Gasteiger partial charge is 0.339 e. The maximum absolute atomic E-state index is 12.0. The van der Waals surface area contributed by atoms with Crippen molar-refractivity contribution in [2.24, 2.45) is 0 Å². The molecule has 6 heteroatoms. The van der Waals surface area contributed by atoms with Crippen molar-refractivity contribution in [2.75, 3.05) is 0 Å². The first-order valence-electron chi connectivity index (χ1n) is 5.73. The molecule has 6 nitrogen and oxygen atoms in total. The van der Waals surface area contributed by atoms with Crippen molar-refractivity contribution in [1.29, 1.82) is 0 Å². The van der Waals surface area contributed by atoms with Gasteiger partial charge in [-0.25, -0.2) is 4.79 Å². The average molecular weight is 237 g/mol. The van der Waals surface area contributed by atoms with E-state index in [0.29, 0.717) is 6.54 Å². The number of carboxylic acids is 1. The van der Waals surface area contributed by atoms with Gasteiger partial charge < -0.3 is 10.4 Å². The summed E-state index contributed by atoms with van der Waals surface area (Å²) in [5.74, 6) is -1.46. The number of aromatic carboxylic acids is 1. The Morgan fingerprint density at radius 2 is 2.29 bits per heavy atom. The zero-order chi connectivity index (χ0) is 12.4. The molecule has 2 rings (SSSR count). The predicted octanol–water partition coefficient (Wildman–Crippen LogP) is 0.883. The van der Waals surface area contributed by atoms with Crippen LogP contribution >= 0.6 is 0 Å². The highest BCUT2D eigenvalue weighted by molar-refractivity contribution is 6.03. The molecule has 92 valence electrons. The molecule has 0 bridgehead atoms. The van der Waals surface area contributed by atoms with Crippen LogP contribution in [0.25, 0.3) is 0 Å². The van der Waals surface area contributed by atoms with E-state index in [1.54, 1.807) is 0 Å². The van der Waals surface area contributed by atoms with Gasteiger partial charge in [0.1, 0.15) is 11.3 Å². The standard InChI is InChI=1S/C11H15N3O3/c1-2-14-9(8(6-12-14)11(16)17)10(15)13-7-4-3-5-7/h6-7H,2-5H2,1H3,(H,13,15)(H,16,17). The Bertz CT molecular complexity index is 449. The molecule has 1 heterocycles. The fourth-order valence-corrected chi connectivity index (χ4v) is 1.83. The Balaban J connectivity index is 2.24. The zero-order valence-electron chi connectivity index (χ0n) is 9.64. The summed E-state index contributed by atoms with van der Waals surface area (Å²) in [7, 11) is 0. The highest BCUT2D eigenvalue weighted by atomic mass is 16.4. The van der Waals surface area contributed by atoms with Gasteiger partial charge in [-0.05, 0) is 26.2 Å². The molecule has 0 saturated heterocycles. The topological polar surface area (TPSA) is 84.2 Å². The molecule has 1 aliphatic carbocycles. The highest BCUT2D eigenvalue weighted by Gasteiger charge is 2.26. The molecule has 0 aromatic carbocycles. The molecule has 1 saturated carbocycles. The third-order valence-corrected chi connectivity index (χ3v) is 3.02. The third-order valence-electron chi connectivity index (χ3n) is 3.02. The van der Waals surface area contributed by atoms with E-state index in [-0.39, 0.29) is 23.2 Å². The molecule has 17 heavy (non-hydrogen) atoms. The Morgan fingerprint density at radius 3 is 2.76 bits per heavy atom. The first-order chi connectivity index (χ1) is 8.13. The normalized spacial score (nSPS) is 15.4. The van der Waals surface area contributed by atoms with Crippen molar-refractivity contribution in [3.63, 3.8) is 0 Å². The Hall–Kier alpha value is -1.85. The van der Waals surface area contributed by atoms with Gasteiger partial charge in [0.15, 0.2) is 0 Å². The lowest BCUT2D eigenvalue weighted by molar-refractivity contribution is 0.0689. The van der Waals surface area contributed by atoms with Crippen LogP contribution in [0.4, 0.5) is 0 Å². The van der Waals surface area contributed by atoms with E-state index in [4.69, 9.17) is 5.11 Å². The summed E-state index contributed by atoms with van der Waals surface area (Å²) < 4.78 is 1.41. The van der Waals surface area contributed by atoms with Crippen molar-refractivity contribution in [3.05, 3.63) is 17.5 Å². The van der Waals surface area contributed by atoms with Crippen molar-refractivity contribution in [2.45, 2.75) is 38.8 Å². The SMILES string of the molecule is CCn1ncc(C(=O)O)c1C(=O)NC1CCC1. The Kier molecular flexibility index (Phi) is 3.12. The van der Waals surface area contributed by atoms with Crippen LogP contribution in [0.1, 0.15) is 47.0 Å². The van der Waals surface area contributed by atoms with Crippen LogP contribution in [-0.2, 0) is 6.54 Å². The number of hydrogen-bond donors (Lipinski definition) is 2. The summed E-state index contributed by atoms with van der Waals surface area (Å²) in [6.45, 7) is 2.29. The molecular weight excluding hydrogens is 222 g/mol. The van der Waals surface area contributed by atoms with Crippen molar-refractivity contribution in [3.8, 4) is 0 Å². The van der Waals surface area contributed by atoms with Crippen molar-refractivity contribution >= 4 is 11.9 Å². The second kappa shape index (κ2) is 4.57. The number of amides is 1. The minimum Gasteiger partial charge on any atom is -0.478 e. The van der Waals surface area contributed by atoms with Gasteiger partial charge in [0.2, 0.25) is 0 Å². The number of carbonyl (C=O) groups is 2. The zero-order valence-corrected chi connectivity index (χ0v) is 9.64. The number of aryl methyl sites for hydroxylation is 1. The van der Waals surface area contributed by atoms with Gasteiger partial charge in [0.25, 0.3) is 5.91 Å². The molecule has 0 aliphatic heterocycles. The Morgan fingerprint density at radius 1 is 1.59 bits per heavy atom. The van der Waals surface area contributed by atoms with E-state index in [0.717, 1.165) is 19.3 Å². The molecule has 1 aromatic rings. The molecule has 0 unspecified atom stereocenters. The fourth-order valence-electron chi connectivity index (χ4n) is 1.83. The van der Waals surface area contributed by atoms with Gasteiger partial charge in [0, 0.05) is 12.6 Å². The highest BCUT2D eigenvalue weighted by Crippen LogP contribution is 2.19. The van der Waals surface area contributed by atoms with Crippen molar-refractivity contribution in [1.82, 2.24) is 15.1 Å². The maximum Gasteiger partial charge on any atom is 0.339 e. The first-order valence-corrected chi connectivity index (χ1v) is 5.73. The molecule has 1 amide bonds. The minimum atomic E-state index is -1.12. The number of nitrogens with one attached hydrogen (secondary N) is 1. The van der Waals surface area contributed by atoms with Gasteiger partial charge >= 0.3 is 5.97 Å². The summed E-state index contributed by atoms with van der Waals surface area (Å²) in [4.78, 5) is 23.0. The molecule has 0 radical (unpaired) electrons. The molecule has 1 aliphatic rings. The van der Waals surface area contributed by atoms with Crippen LogP contribution in [0.2, 0.25) is 0 Å². The number of carboxylic acid groups (broad SMARTS) is 1. The number of aromatic nitrogens is 2. The van der Waals surface area contributed by atoms with Crippen molar-refractivity contribution < 1.29 is 14.7 Å². The minimum absolute atomic E-state index is 0.0383. The third kappa shape index (κ3) is 2.15. The molecule has 0 spiro atoms. The van der Waals surface area contributed by atoms with Crippen LogP contribution in [0, 0.1) is 0 Å². The number of hydrogen-bond acceptors (Lipinski definition) is 3. The number of nitrogens with zero attached hydrogens (tertiary/aromatic N) is 2. The van der Waals surface area contributed by atoms with E-state index >= 15 is 0 Å². The first kappa shape index (κ1) is 11.6. The molecule has 1 fully saturated rings. The van der Waals surface area contributed by atoms with Gasteiger partial charge in [-0.3, -0.25) is 9.48 Å². The summed E-state index contributed by atoms with van der Waals surface area (Å²) in [5.41, 5.74) is 0.107. The van der Waals surface area contributed by atoms with E-state index in [9.17, 15) is 9.59 Å². The van der Waals surface area contributed by atoms with Crippen LogP contribution in [0.3, 0.4) is 0 Å². The van der Waals surface area contributed by atoms with Gasteiger partial charge in [-0.2, -0.15) is 5.10 Å². The lowest BCUT2D eigenvalue weighted by Gasteiger charge is -2.26. The molecular formula is C11H15N3O3. The van der Waals surface area contributed by atoms with E-state index in [1.807, 2.05) is 6.92 Å². The van der Waals surface area contributed by atoms with E-state index in [1.165, 1.54) is 10.9 Å². The predicted molar refractivity (Wildman–Crippen MR) is 60.0 cm³/mol. The van der Waals surface area contributed by atoms with Crippen LogP contribution in [-0.4, -0.2) is 32.8 Å². The lowest BCUT2D eigenvalue weighted by atomic mass is 9.93. The quantitative estimate of drug-likeness (QED) is 0.814. The second-order valence-corrected chi connectivity index (χ2v) is 4.13. The largest absolute Gasteiger partial charge is 0.478 e. The monoisotopic (exact) mass is 237 g/mol. The Labute approximate surface area is 98.6 Å². The average Bonchev–Trinajstić information content (AvgIpc) is 2.66.